The van der Waals surface area contributed by atoms with Gasteiger partial charge in [0.05, 0.1) is 13.2 Å². The molecular weight excluding hydrogens is 400 g/mol. The first-order chi connectivity index (χ1) is 14.6. The molecule has 2 N–H and O–H groups in total. The van der Waals surface area contributed by atoms with Gasteiger partial charge in [-0.3, -0.25) is 9.69 Å². The van der Waals surface area contributed by atoms with E-state index in [-0.39, 0.29) is 24.6 Å². The number of piperidine rings is 1. The van der Waals surface area contributed by atoms with E-state index in [0.717, 1.165) is 45.7 Å². The Kier molecular flexibility index (Phi) is 9.83. The van der Waals surface area contributed by atoms with Crippen molar-refractivity contribution in [2.45, 2.75) is 45.3 Å². The van der Waals surface area contributed by atoms with Gasteiger partial charge in [0.25, 0.3) is 0 Å². The number of likely N-dealkylation sites (N-methyl/N-ethyl adjacent to an activating group) is 1. The lowest BCUT2D eigenvalue weighted by Gasteiger charge is -2.35. The Bertz CT molecular complexity index is 613. The number of carbonyl (C=O) groups excluding carboxylic acids is 2. The molecule has 2 aliphatic rings. The van der Waals surface area contributed by atoms with E-state index < -0.39 is 5.60 Å². The van der Waals surface area contributed by atoms with Gasteiger partial charge in [0.1, 0.15) is 12.1 Å². The number of rotatable bonds is 6. The van der Waals surface area contributed by atoms with E-state index in [1.807, 2.05) is 20.8 Å². The molecule has 0 aliphatic carbocycles. The van der Waals surface area contributed by atoms with Crippen molar-refractivity contribution in [2.75, 3.05) is 73.1 Å². The Morgan fingerprint density at radius 3 is 2.55 bits per heavy atom. The highest BCUT2D eigenvalue weighted by Gasteiger charge is 2.28. The first-order valence-electron chi connectivity index (χ1n) is 11.2. The van der Waals surface area contributed by atoms with E-state index >= 15 is 0 Å². The number of hydrogen-bond acceptors (Lipinski definition) is 6. The van der Waals surface area contributed by atoms with Crippen LogP contribution in [0.2, 0.25) is 0 Å². The molecular formula is C21H40N6O4. The first-order valence-corrected chi connectivity index (χ1v) is 11.2. The van der Waals surface area contributed by atoms with Crippen molar-refractivity contribution in [1.29, 1.82) is 0 Å². The zero-order valence-electron chi connectivity index (χ0n) is 19.8. The van der Waals surface area contributed by atoms with Crippen molar-refractivity contribution < 1.29 is 19.1 Å². The highest BCUT2D eigenvalue weighted by Crippen LogP contribution is 2.15. The third kappa shape index (κ3) is 9.73. The molecule has 2 amide bonds. The maximum absolute atomic E-state index is 12.4. The topological polar surface area (TPSA) is 98.7 Å². The van der Waals surface area contributed by atoms with Gasteiger partial charge in [-0.15, -0.1) is 0 Å². The van der Waals surface area contributed by atoms with Gasteiger partial charge >= 0.3 is 6.09 Å². The summed E-state index contributed by atoms with van der Waals surface area (Å²) in [7, 11) is 3.44. The number of nitrogens with zero attached hydrogens (tertiary/aromatic N) is 4. The average Bonchev–Trinajstić information content (AvgIpc) is 2.71. The molecule has 0 bridgehead atoms. The molecule has 0 saturated carbocycles. The van der Waals surface area contributed by atoms with Crippen LogP contribution in [-0.2, 0) is 14.3 Å². The van der Waals surface area contributed by atoms with Crippen LogP contribution in [0.25, 0.3) is 0 Å². The van der Waals surface area contributed by atoms with Crippen LogP contribution in [0.3, 0.4) is 0 Å². The summed E-state index contributed by atoms with van der Waals surface area (Å²) in [4.78, 5) is 34.5. The largest absolute Gasteiger partial charge is 0.444 e. The number of carbonyl (C=O) groups is 2. The molecule has 10 nitrogen and oxygen atoms in total. The number of guanidine groups is 1. The van der Waals surface area contributed by atoms with Crippen molar-refractivity contribution >= 4 is 18.0 Å². The number of ether oxygens (including phenoxy) is 2. The highest BCUT2D eigenvalue weighted by molar-refractivity contribution is 5.85. The van der Waals surface area contributed by atoms with Gasteiger partial charge in [0, 0.05) is 59.4 Å². The van der Waals surface area contributed by atoms with E-state index in [1.165, 1.54) is 4.90 Å². The zero-order valence-corrected chi connectivity index (χ0v) is 19.8. The fraction of sp³-hybridized carbons (Fsp3) is 0.857. The summed E-state index contributed by atoms with van der Waals surface area (Å²) in [5.74, 6) is 0.535. The van der Waals surface area contributed by atoms with Gasteiger partial charge in [0.15, 0.2) is 5.96 Å². The molecule has 2 fully saturated rings. The standard InChI is InChI=1S/C21H40N6O4/c1-21(2,3)31-20(29)27-9-6-7-17(16-27)24-19(23-15-18(28)25(4)5)22-8-10-26-11-13-30-14-12-26/h17H,6-16H2,1-5H3,(H2,22,23,24). The zero-order chi connectivity index (χ0) is 22.9. The normalized spacial score (nSPS) is 20.9. The van der Waals surface area contributed by atoms with Gasteiger partial charge in [0.2, 0.25) is 5.91 Å². The first kappa shape index (κ1) is 25.2. The Labute approximate surface area is 186 Å². The highest BCUT2D eigenvalue weighted by atomic mass is 16.6. The molecule has 2 saturated heterocycles. The maximum Gasteiger partial charge on any atom is 0.410 e. The SMILES string of the molecule is CN(C)C(=O)CN=C(NCCN1CCOCC1)NC1CCCN(C(=O)OC(C)(C)C)C1. The van der Waals surface area contributed by atoms with Crippen LogP contribution in [0.5, 0.6) is 0 Å². The van der Waals surface area contributed by atoms with Gasteiger partial charge in [-0.1, -0.05) is 0 Å². The van der Waals surface area contributed by atoms with E-state index in [9.17, 15) is 9.59 Å². The molecule has 2 rings (SSSR count). The van der Waals surface area contributed by atoms with Gasteiger partial charge in [-0.2, -0.15) is 0 Å². The molecule has 1 atom stereocenters. The molecule has 2 heterocycles. The molecule has 1 unspecified atom stereocenters. The Morgan fingerprint density at radius 1 is 1.19 bits per heavy atom. The summed E-state index contributed by atoms with van der Waals surface area (Å²) in [5.41, 5.74) is -0.516. The van der Waals surface area contributed by atoms with E-state index in [2.05, 4.69) is 20.5 Å². The second-order valence-corrected chi connectivity index (χ2v) is 9.24. The fourth-order valence-corrected chi connectivity index (χ4v) is 3.38. The van der Waals surface area contributed by atoms with Crippen LogP contribution < -0.4 is 10.6 Å². The Balaban J connectivity index is 1.92. The number of hydrogen-bond donors (Lipinski definition) is 2. The number of nitrogens with one attached hydrogen (secondary N) is 2. The molecule has 0 radical (unpaired) electrons. The molecule has 31 heavy (non-hydrogen) atoms. The lowest BCUT2D eigenvalue weighted by Crippen LogP contribution is -2.54. The quantitative estimate of drug-likeness (QED) is 0.454. The van der Waals surface area contributed by atoms with Gasteiger partial charge in [-0.25, -0.2) is 9.79 Å². The predicted molar refractivity (Wildman–Crippen MR) is 120 cm³/mol. The van der Waals surface area contributed by atoms with Crippen LogP contribution in [0.15, 0.2) is 4.99 Å². The van der Waals surface area contributed by atoms with Crippen LogP contribution in [0.4, 0.5) is 4.79 Å². The van der Waals surface area contributed by atoms with E-state index in [4.69, 9.17) is 9.47 Å². The summed E-state index contributed by atoms with van der Waals surface area (Å²) < 4.78 is 10.9. The van der Waals surface area contributed by atoms with Crippen LogP contribution in [0, 0.1) is 0 Å². The molecule has 0 spiro atoms. The van der Waals surface area contributed by atoms with Crippen molar-refractivity contribution in [3.05, 3.63) is 0 Å². The number of aliphatic imine (C=N–C) groups is 1. The molecule has 2 aliphatic heterocycles. The second kappa shape index (κ2) is 12.1. The number of amides is 2. The van der Waals surface area contributed by atoms with Crippen molar-refractivity contribution in [3.63, 3.8) is 0 Å². The summed E-state index contributed by atoms with van der Waals surface area (Å²) in [5, 5.41) is 6.75. The second-order valence-electron chi connectivity index (χ2n) is 9.24. The monoisotopic (exact) mass is 440 g/mol. The summed E-state index contributed by atoms with van der Waals surface area (Å²) in [6, 6.07) is 0.0466. The fourth-order valence-electron chi connectivity index (χ4n) is 3.38. The molecule has 0 aromatic carbocycles. The Hall–Kier alpha value is -2.07. The lowest BCUT2D eigenvalue weighted by atomic mass is 10.1. The van der Waals surface area contributed by atoms with Crippen molar-refractivity contribution in [3.8, 4) is 0 Å². The van der Waals surface area contributed by atoms with E-state index in [0.29, 0.717) is 25.6 Å². The molecule has 10 heteroatoms. The summed E-state index contributed by atoms with van der Waals surface area (Å²) >= 11 is 0. The Morgan fingerprint density at radius 2 is 1.90 bits per heavy atom. The van der Waals surface area contributed by atoms with Crippen molar-refractivity contribution in [1.82, 2.24) is 25.3 Å². The third-order valence-corrected chi connectivity index (χ3v) is 5.11. The van der Waals surface area contributed by atoms with Gasteiger partial charge in [-0.05, 0) is 33.6 Å². The third-order valence-electron chi connectivity index (χ3n) is 5.11. The lowest BCUT2D eigenvalue weighted by molar-refractivity contribution is -0.127. The minimum atomic E-state index is -0.516. The number of morpholine rings is 1. The van der Waals surface area contributed by atoms with Crippen LogP contribution in [0.1, 0.15) is 33.6 Å². The maximum atomic E-state index is 12.4. The average molecular weight is 441 g/mol. The number of likely N-dealkylation sites (tertiary alicyclic amines) is 1. The van der Waals surface area contributed by atoms with Crippen LogP contribution in [-0.4, -0.2) is 117 Å². The van der Waals surface area contributed by atoms with E-state index in [1.54, 1.807) is 19.0 Å². The predicted octanol–water partition coefficient (Wildman–Crippen LogP) is 0.342. The summed E-state index contributed by atoms with van der Waals surface area (Å²) in [6.45, 7) is 11.9. The van der Waals surface area contributed by atoms with Crippen molar-refractivity contribution in [2.24, 2.45) is 4.99 Å². The minimum Gasteiger partial charge on any atom is -0.444 e. The molecule has 0 aromatic heterocycles. The molecule has 0 aromatic rings. The summed E-state index contributed by atoms with van der Waals surface area (Å²) in [6.07, 6.45) is 1.51. The van der Waals surface area contributed by atoms with Crippen LogP contribution >= 0.6 is 0 Å². The van der Waals surface area contributed by atoms with Gasteiger partial charge < -0.3 is 29.9 Å². The minimum absolute atomic E-state index is 0.0466. The molecule has 178 valence electrons. The smallest absolute Gasteiger partial charge is 0.410 e.